The molecule has 2 aromatic carbocycles. The van der Waals surface area contributed by atoms with Gasteiger partial charge in [0.05, 0.1) is 0 Å². The monoisotopic (exact) mass is 459 g/mol. The molecular weight excluding hydrogens is 429 g/mol. The van der Waals surface area contributed by atoms with E-state index in [0.29, 0.717) is 12.8 Å². The molecule has 1 saturated carbocycles. The number of rotatable bonds is 7. The minimum atomic E-state index is -3.90. The number of piperidine rings is 1. The number of benzene rings is 2. The lowest BCUT2D eigenvalue weighted by atomic mass is 9.97. The van der Waals surface area contributed by atoms with Gasteiger partial charge in [0.15, 0.2) is 0 Å². The molecule has 0 bridgehead atoms. The Balaban J connectivity index is 1.27. The molecule has 2 N–H and O–H groups in total. The van der Waals surface area contributed by atoms with E-state index in [9.17, 15) is 17.6 Å². The maximum Gasteiger partial charge on any atom is 0.245 e. The topological polar surface area (TPSA) is 78.5 Å². The van der Waals surface area contributed by atoms with Gasteiger partial charge in [0.25, 0.3) is 0 Å². The summed E-state index contributed by atoms with van der Waals surface area (Å²) in [4.78, 5) is 12.4. The van der Waals surface area contributed by atoms with Crippen LogP contribution in [0.5, 0.6) is 0 Å². The van der Waals surface area contributed by atoms with Crippen molar-refractivity contribution in [3.63, 3.8) is 0 Å². The highest BCUT2D eigenvalue weighted by atomic mass is 32.2. The number of anilines is 2. The Morgan fingerprint density at radius 1 is 0.938 bits per heavy atom. The molecule has 0 aromatic heterocycles. The van der Waals surface area contributed by atoms with E-state index in [1.165, 1.54) is 48.2 Å². The summed E-state index contributed by atoms with van der Waals surface area (Å²) in [6.07, 6.45) is 6.04. The molecule has 2 aliphatic rings. The summed E-state index contributed by atoms with van der Waals surface area (Å²) in [5, 5.41) is 6.40. The van der Waals surface area contributed by atoms with Gasteiger partial charge in [0, 0.05) is 36.9 Å². The Hall–Kier alpha value is -2.45. The van der Waals surface area contributed by atoms with E-state index in [1.807, 2.05) is 24.3 Å². The van der Waals surface area contributed by atoms with Crippen molar-refractivity contribution in [2.24, 2.45) is 11.8 Å². The van der Waals surface area contributed by atoms with Crippen LogP contribution >= 0.6 is 0 Å². The van der Waals surface area contributed by atoms with E-state index in [-0.39, 0.29) is 29.8 Å². The second-order valence-electron chi connectivity index (χ2n) is 8.71. The molecule has 0 atom stereocenters. The number of hydrogen-bond acceptors (Lipinski definition) is 4. The zero-order valence-corrected chi connectivity index (χ0v) is 18.9. The molecule has 2 fully saturated rings. The Kier molecular flexibility index (Phi) is 7.10. The smallest absolute Gasteiger partial charge is 0.245 e. The fourth-order valence-electron chi connectivity index (χ4n) is 4.54. The molecular formula is C24H30FN3O3S. The van der Waals surface area contributed by atoms with Crippen LogP contribution in [-0.4, -0.2) is 38.3 Å². The molecule has 32 heavy (non-hydrogen) atoms. The molecule has 1 amide bonds. The van der Waals surface area contributed by atoms with Crippen LogP contribution in [0, 0.1) is 17.7 Å². The summed E-state index contributed by atoms with van der Waals surface area (Å²) in [7, 11) is -3.90. The first-order chi connectivity index (χ1) is 15.4. The van der Waals surface area contributed by atoms with E-state index in [1.54, 1.807) is 0 Å². The first kappa shape index (κ1) is 22.7. The maximum absolute atomic E-state index is 14.0. The van der Waals surface area contributed by atoms with Crippen molar-refractivity contribution >= 4 is 27.3 Å². The van der Waals surface area contributed by atoms with Gasteiger partial charge in [-0.15, -0.1) is 0 Å². The van der Waals surface area contributed by atoms with Crippen LogP contribution in [0.2, 0.25) is 0 Å². The van der Waals surface area contributed by atoms with E-state index < -0.39 is 15.8 Å². The third kappa shape index (κ3) is 5.30. The predicted molar refractivity (Wildman–Crippen MR) is 123 cm³/mol. The normalized spacial score (nSPS) is 18.5. The fourth-order valence-corrected chi connectivity index (χ4v) is 6.08. The van der Waals surface area contributed by atoms with Gasteiger partial charge in [0.1, 0.15) is 10.7 Å². The van der Waals surface area contributed by atoms with E-state index in [0.717, 1.165) is 29.9 Å². The molecule has 2 aromatic rings. The molecule has 172 valence electrons. The molecule has 0 radical (unpaired) electrons. The number of halogens is 1. The lowest BCUT2D eigenvalue weighted by Gasteiger charge is -2.30. The molecule has 8 heteroatoms. The largest absolute Gasteiger partial charge is 0.385 e. The number of nitrogens with zero attached hydrogens (tertiary/aromatic N) is 1. The zero-order valence-electron chi connectivity index (χ0n) is 18.1. The number of carbonyl (C=O) groups excluding carboxylic acids is 1. The van der Waals surface area contributed by atoms with Crippen molar-refractivity contribution in [2.75, 3.05) is 30.3 Å². The summed E-state index contributed by atoms with van der Waals surface area (Å²) in [5.74, 6) is -0.391. The van der Waals surface area contributed by atoms with Crippen LogP contribution in [0.1, 0.15) is 38.5 Å². The summed E-state index contributed by atoms with van der Waals surface area (Å²) >= 11 is 0. The molecule has 4 rings (SSSR count). The zero-order chi connectivity index (χ0) is 22.6. The van der Waals surface area contributed by atoms with Crippen LogP contribution in [-0.2, 0) is 14.8 Å². The van der Waals surface area contributed by atoms with Crippen molar-refractivity contribution in [1.82, 2.24) is 4.31 Å². The Bertz CT molecular complexity index is 1030. The number of amides is 1. The molecule has 1 heterocycles. The average molecular weight is 460 g/mol. The van der Waals surface area contributed by atoms with Crippen molar-refractivity contribution in [3.05, 3.63) is 54.3 Å². The van der Waals surface area contributed by atoms with Crippen LogP contribution in [0.25, 0.3) is 0 Å². The van der Waals surface area contributed by atoms with Crippen molar-refractivity contribution in [1.29, 1.82) is 0 Å². The van der Waals surface area contributed by atoms with E-state index >= 15 is 0 Å². The third-order valence-corrected chi connectivity index (χ3v) is 8.43. The van der Waals surface area contributed by atoms with Gasteiger partial charge in [-0.05, 0) is 68.0 Å². The summed E-state index contributed by atoms with van der Waals surface area (Å²) in [5.41, 5.74) is 1.77. The van der Waals surface area contributed by atoms with Crippen molar-refractivity contribution < 1.29 is 17.6 Å². The highest BCUT2D eigenvalue weighted by Crippen LogP contribution is 2.27. The average Bonchev–Trinajstić information content (AvgIpc) is 3.33. The number of carbonyl (C=O) groups is 1. The number of hydrogen-bond donors (Lipinski definition) is 2. The minimum Gasteiger partial charge on any atom is -0.385 e. The van der Waals surface area contributed by atoms with Gasteiger partial charge in [-0.3, -0.25) is 4.79 Å². The van der Waals surface area contributed by atoms with Crippen LogP contribution in [0.4, 0.5) is 15.8 Å². The molecule has 0 unspecified atom stereocenters. The van der Waals surface area contributed by atoms with Crippen LogP contribution in [0.15, 0.2) is 53.4 Å². The lowest BCUT2D eigenvalue weighted by molar-refractivity contribution is -0.120. The molecule has 6 nitrogen and oxygen atoms in total. The Labute approximate surface area is 189 Å². The highest BCUT2D eigenvalue weighted by molar-refractivity contribution is 7.89. The molecule has 1 saturated heterocycles. The van der Waals surface area contributed by atoms with Gasteiger partial charge in [0.2, 0.25) is 15.9 Å². The van der Waals surface area contributed by atoms with Gasteiger partial charge in [-0.2, -0.15) is 4.31 Å². The van der Waals surface area contributed by atoms with Gasteiger partial charge < -0.3 is 10.6 Å². The van der Waals surface area contributed by atoms with E-state index in [4.69, 9.17) is 0 Å². The highest BCUT2D eigenvalue weighted by Gasteiger charge is 2.33. The summed E-state index contributed by atoms with van der Waals surface area (Å²) in [6.45, 7) is 1.37. The van der Waals surface area contributed by atoms with Crippen LogP contribution in [0.3, 0.4) is 0 Å². The SMILES string of the molecule is O=C(Nc1ccc(NCC2CCCC2)cc1)C1CCN(S(=O)(=O)c2ccccc2F)CC1. The molecule has 1 aliphatic carbocycles. The minimum absolute atomic E-state index is 0.111. The second-order valence-corrected chi connectivity index (χ2v) is 10.6. The fraction of sp³-hybridized carbons (Fsp3) is 0.458. The first-order valence-electron chi connectivity index (χ1n) is 11.3. The summed E-state index contributed by atoms with van der Waals surface area (Å²) in [6, 6.07) is 13.1. The summed E-state index contributed by atoms with van der Waals surface area (Å²) < 4.78 is 40.7. The molecule has 0 spiro atoms. The quantitative estimate of drug-likeness (QED) is 0.641. The van der Waals surface area contributed by atoms with Crippen molar-refractivity contribution in [3.8, 4) is 0 Å². The maximum atomic E-state index is 14.0. The van der Waals surface area contributed by atoms with E-state index in [2.05, 4.69) is 10.6 Å². The lowest BCUT2D eigenvalue weighted by Crippen LogP contribution is -2.41. The van der Waals surface area contributed by atoms with Gasteiger partial charge >= 0.3 is 0 Å². The molecule has 1 aliphatic heterocycles. The second kappa shape index (κ2) is 10.0. The van der Waals surface area contributed by atoms with Gasteiger partial charge in [-0.1, -0.05) is 25.0 Å². The number of sulfonamides is 1. The Morgan fingerprint density at radius 2 is 1.56 bits per heavy atom. The van der Waals surface area contributed by atoms with Crippen molar-refractivity contribution in [2.45, 2.75) is 43.4 Å². The standard InChI is InChI=1S/C24H30FN3O3S/c25-22-7-3-4-8-23(22)32(30,31)28-15-13-19(14-16-28)24(29)27-21-11-9-20(10-12-21)26-17-18-5-1-2-6-18/h3-4,7-12,18-19,26H,1-2,5-6,13-17H2,(H,27,29). The first-order valence-corrected chi connectivity index (χ1v) is 12.8. The number of nitrogens with one attached hydrogen (secondary N) is 2. The predicted octanol–water partition coefficient (Wildman–Crippen LogP) is 4.47. The van der Waals surface area contributed by atoms with Gasteiger partial charge in [-0.25, -0.2) is 12.8 Å². The third-order valence-electron chi connectivity index (χ3n) is 6.50. The van der Waals surface area contributed by atoms with Crippen LogP contribution < -0.4 is 10.6 Å². The Morgan fingerprint density at radius 3 is 2.22 bits per heavy atom.